The number of anilines is 2. The van der Waals surface area contributed by atoms with E-state index in [1.165, 1.54) is 11.3 Å². The second kappa shape index (κ2) is 7.97. The molecule has 1 N–H and O–H groups in total. The Morgan fingerprint density at radius 3 is 3.04 bits per heavy atom. The molecule has 2 amide bonds. The Morgan fingerprint density at radius 2 is 2.28 bits per heavy atom. The van der Waals surface area contributed by atoms with E-state index in [-0.39, 0.29) is 24.2 Å². The van der Waals surface area contributed by atoms with E-state index < -0.39 is 0 Å². The van der Waals surface area contributed by atoms with Gasteiger partial charge in [-0.3, -0.25) is 9.59 Å². The Morgan fingerprint density at radius 1 is 1.44 bits per heavy atom. The molecule has 0 spiro atoms. The molecular weight excluding hydrogens is 356 g/mol. The van der Waals surface area contributed by atoms with Gasteiger partial charge in [-0.05, 0) is 31.0 Å². The SMILES string of the molecule is CCCSc1nnc(NC(=O)[C@H]2CC(=O)N(c3cccc(C)c3)C2)s1. The number of aryl methyl sites for hydroxylation is 1. The molecule has 8 heteroatoms. The largest absolute Gasteiger partial charge is 0.312 e. The lowest BCUT2D eigenvalue weighted by molar-refractivity contribution is -0.122. The molecule has 0 saturated carbocycles. The molecule has 132 valence electrons. The summed E-state index contributed by atoms with van der Waals surface area (Å²) in [6.45, 7) is 4.48. The van der Waals surface area contributed by atoms with Crippen LogP contribution in [0, 0.1) is 12.8 Å². The molecule has 25 heavy (non-hydrogen) atoms. The fraction of sp³-hybridized carbons (Fsp3) is 0.412. The highest BCUT2D eigenvalue weighted by Gasteiger charge is 2.35. The van der Waals surface area contributed by atoms with Gasteiger partial charge in [-0.1, -0.05) is 42.2 Å². The van der Waals surface area contributed by atoms with Crippen molar-refractivity contribution in [3.05, 3.63) is 29.8 Å². The molecule has 0 bridgehead atoms. The van der Waals surface area contributed by atoms with Crippen molar-refractivity contribution in [2.75, 3.05) is 22.5 Å². The molecule has 1 aliphatic rings. The van der Waals surface area contributed by atoms with E-state index in [9.17, 15) is 9.59 Å². The van der Waals surface area contributed by atoms with Gasteiger partial charge in [0, 0.05) is 24.4 Å². The van der Waals surface area contributed by atoms with Crippen LogP contribution in [0.4, 0.5) is 10.8 Å². The average molecular weight is 377 g/mol. The standard InChI is InChI=1S/C17H20N4O2S2/c1-3-7-24-17-20-19-16(25-17)18-15(23)12-9-14(22)21(10-12)13-6-4-5-11(2)8-13/h4-6,8,12H,3,7,9-10H2,1-2H3,(H,18,19,23)/t12-/m0/s1. The maximum Gasteiger partial charge on any atom is 0.231 e. The summed E-state index contributed by atoms with van der Waals surface area (Å²) in [5.74, 6) is 0.406. The van der Waals surface area contributed by atoms with Gasteiger partial charge in [-0.15, -0.1) is 10.2 Å². The molecule has 1 atom stereocenters. The summed E-state index contributed by atoms with van der Waals surface area (Å²) in [4.78, 5) is 26.4. The summed E-state index contributed by atoms with van der Waals surface area (Å²) in [6, 6.07) is 7.76. The summed E-state index contributed by atoms with van der Waals surface area (Å²) < 4.78 is 0.848. The zero-order valence-electron chi connectivity index (χ0n) is 14.2. The van der Waals surface area contributed by atoms with E-state index in [4.69, 9.17) is 0 Å². The topological polar surface area (TPSA) is 75.2 Å². The van der Waals surface area contributed by atoms with Gasteiger partial charge in [-0.25, -0.2) is 0 Å². The number of carbonyl (C=O) groups excluding carboxylic acids is 2. The minimum Gasteiger partial charge on any atom is -0.312 e. The predicted octanol–water partition coefficient (Wildman–Crippen LogP) is 3.34. The monoisotopic (exact) mass is 376 g/mol. The van der Waals surface area contributed by atoms with Gasteiger partial charge < -0.3 is 10.2 Å². The number of hydrogen-bond donors (Lipinski definition) is 1. The van der Waals surface area contributed by atoms with E-state index in [0.29, 0.717) is 11.7 Å². The molecule has 0 unspecified atom stereocenters. The van der Waals surface area contributed by atoms with Crippen LogP contribution in [-0.2, 0) is 9.59 Å². The number of benzene rings is 1. The van der Waals surface area contributed by atoms with Crippen molar-refractivity contribution in [2.24, 2.45) is 5.92 Å². The normalized spacial score (nSPS) is 17.1. The molecule has 1 aromatic carbocycles. The van der Waals surface area contributed by atoms with Crippen molar-refractivity contribution in [3.8, 4) is 0 Å². The molecule has 1 saturated heterocycles. The van der Waals surface area contributed by atoms with Gasteiger partial charge in [0.05, 0.1) is 5.92 Å². The first-order chi connectivity index (χ1) is 12.1. The van der Waals surface area contributed by atoms with Crippen molar-refractivity contribution < 1.29 is 9.59 Å². The van der Waals surface area contributed by atoms with Crippen LogP contribution in [0.25, 0.3) is 0 Å². The number of rotatable bonds is 6. The lowest BCUT2D eigenvalue weighted by atomic mass is 10.1. The molecule has 3 rings (SSSR count). The molecule has 1 fully saturated rings. The van der Waals surface area contributed by atoms with Gasteiger partial charge in [0.2, 0.25) is 16.9 Å². The summed E-state index contributed by atoms with van der Waals surface area (Å²) in [7, 11) is 0. The first-order valence-electron chi connectivity index (χ1n) is 8.21. The van der Waals surface area contributed by atoms with Gasteiger partial charge in [0.1, 0.15) is 0 Å². The summed E-state index contributed by atoms with van der Waals surface area (Å²) in [6.07, 6.45) is 1.28. The Balaban J connectivity index is 1.62. The van der Waals surface area contributed by atoms with Crippen LogP contribution in [-0.4, -0.2) is 34.3 Å². The summed E-state index contributed by atoms with van der Waals surface area (Å²) in [5.41, 5.74) is 1.93. The highest BCUT2D eigenvalue weighted by molar-refractivity contribution is 8.01. The molecule has 1 aromatic heterocycles. The number of thioether (sulfide) groups is 1. The van der Waals surface area contributed by atoms with Crippen molar-refractivity contribution >= 4 is 45.7 Å². The number of nitrogens with one attached hydrogen (secondary N) is 1. The summed E-state index contributed by atoms with van der Waals surface area (Å²) in [5, 5.41) is 11.4. The number of amides is 2. The zero-order valence-corrected chi connectivity index (χ0v) is 15.8. The summed E-state index contributed by atoms with van der Waals surface area (Å²) >= 11 is 3.00. The molecular formula is C17H20N4O2S2. The van der Waals surface area contributed by atoms with Crippen molar-refractivity contribution in [1.82, 2.24) is 10.2 Å². The highest BCUT2D eigenvalue weighted by atomic mass is 32.2. The van der Waals surface area contributed by atoms with E-state index >= 15 is 0 Å². The number of nitrogens with zero attached hydrogens (tertiary/aromatic N) is 3. The Hall–Kier alpha value is -1.93. The second-order valence-electron chi connectivity index (χ2n) is 5.96. The lowest BCUT2D eigenvalue weighted by Crippen LogP contribution is -2.28. The minimum absolute atomic E-state index is 0.0257. The second-order valence-corrected chi connectivity index (χ2v) is 8.27. The number of carbonyl (C=O) groups is 2. The molecule has 0 radical (unpaired) electrons. The van der Waals surface area contributed by atoms with E-state index in [1.807, 2.05) is 31.2 Å². The molecule has 6 nitrogen and oxygen atoms in total. The van der Waals surface area contributed by atoms with Crippen LogP contribution in [0.5, 0.6) is 0 Å². The van der Waals surface area contributed by atoms with Gasteiger partial charge >= 0.3 is 0 Å². The average Bonchev–Trinajstić information content (AvgIpc) is 3.19. The zero-order chi connectivity index (χ0) is 17.8. The van der Waals surface area contributed by atoms with Crippen LogP contribution in [0.15, 0.2) is 28.6 Å². The van der Waals surface area contributed by atoms with Crippen LogP contribution >= 0.6 is 23.1 Å². The smallest absolute Gasteiger partial charge is 0.231 e. The van der Waals surface area contributed by atoms with Gasteiger partial charge in [-0.2, -0.15) is 0 Å². The minimum atomic E-state index is -0.372. The molecule has 2 aromatic rings. The lowest BCUT2D eigenvalue weighted by Gasteiger charge is -2.17. The maximum atomic E-state index is 12.5. The molecule has 0 aliphatic carbocycles. The van der Waals surface area contributed by atoms with Crippen LogP contribution in [0.3, 0.4) is 0 Å². The third-order valence-electron chi connectivity index (χ3n) is 3.88. The van der Waals surface area contributed by atoms with E-state index in [1.54, 1.807) is 16.7 Å². The van der Waals surface area contributed by atoms with E-state index in [2.05, 4.69) is 22.4 Å². The fourth-order valence-electron chi connectivity index (χ4n) is 2.64. The number of hydrogen-bond acceptors (Lipinski definition) is 6. The van der Waals surface area contributed by atoms with Crippen molar-refractivity contribution in [1.29, 1.82) is 0 Å². The third kappa shape index (κ3) is 4.38. The van der Waals surface area contributed by atoms with Crippen molar-refractivity contribution in [3.63, 3.8) is 0 Å². The van der Waals surface area contributed by atoms with Gasteiger partial charge in [0.25, 0.3) is 0 Å². The van der Waals surface area contributed by atoms with Crippen LogP contribution in [0.2, 0.25) is 0 Å². The molecule has 1 aliphatic heterocycles. The van der Waals surface area contributed by atoms with Crippen LogP contribution in [0.1, 0.15) is 25.3 Å². The third-order valence-corrected chi connectivity index (χ3v) is 6.05. The highest BCUT2D eigenvalue weighted by Crippen LogP contribution is 2.29. The quantitative estimate of drug-likeness (QED) is 0.618. The number of aromatic nitrogens is 2. The van der Waals surface area contributed by atoms with Gasteiger partial charge in [0.15, 0.2) is 4.34 Å². The first kappa shape index (κ1) is 17.9. The molecule has 2 heterocycles. The maximum absolute atomic E-state index is 12.5. The van der Waals surface area contributed by atoms with Crippen molar-refractivity contribution in [2.45, 2.75) is 31.0 Å². The Bertz CT molecular complexity index is 778. The van der Waals surface area contributed by atoms with E-state index in [0.717, 1.165) is 27.8 Å². The Labute approximate surface area is 155 Å². The predicted molar refractivity (Wildman–Crippen MR) is 101 cm³/mol. The fourth-order valence-corrected chi connectivity index (χ4v) is 4.32. The van der Waals surface area contributed by atoms with Crippen LogP contribution < -0.4 is 10.2 Å². The Kier molecular flexibility index (Phi) is 5.70. The first-order valence-corrected chi connectivity index (χ1v) is 10.0.